The van der Waals surface area contributed by atoms with Crippen LogP contribution in [0.4, 0.5) is 0 Å². The van der Waals surface area contributed by atoms with Crippen molar-refractivity contribution < 1.29 is 9.47 Å². The van der Waals surface area contributed by atoms with Gasteiger partial charge in [-0.1, -0.05) is 31.2 Å². The molecule has 0 bridgehead atoms. The summed E-state index contributed by atoms with van der Waals surface area (Å²) in [6.07, 6.45) is 1.99. The van der Waals surface area contributed by atoms with Gasteiger partial charge in [0.25, 0.3) is 0 Å². The van der Waals surface area contributed by atoms with Crippen LogP contribution in [0.5, 0.6) is 11.5 Å². The van der Waals surface area contributed by atoms with Crippen molar-refractivity contribution in [1.82, 2.24) is 0 Å². The summed E-state index contributed by atoms with van der Waals surface area (Å²) in [5, 5.41) is 0. The van der Waals surface area contributed by atoms with Crippen LogP contribution in [0.2, 0.25) is 0 Å². The second kappa shape index (κ2) is 6.22. The lowest BCUT2D eigenvalue weighted by molar-refractivity contribution is 0.354. The largest absolute Gasteiger partial charge is 0.493 e. The third-order valence-corrected chi connectivity index (χ3v) is 4.15. The number of fused-ring (bicyclic) bond motifs is 1. The summed E-state index contributed by atoms with van der Waals surface area (Å²) in [6.45, 7) is 2.98. The van der Waals surface area contributed by atoms with Crippen LogP contribution >= 0.6 is 0 Å². The van der Waals surface area contributed by atoms with Crippen LogP contribution < -0.4 is 9.47 Å². The highest BCUT2D eigenvalue weighted by atomic mass is 16.5. The maximum Gasteiger partial charge on any atom is 0.161 e. The molecule has 3 nitrogen and oxygen atoms in total. The highest BCUT2D eigenvalue weighted by molar-refractivity contribution is 6.14. The van der Waals surface area contributed by atoms with E-state index in [1.54, 1.807) is 14.2 Å². The highest BCUT2D eigenvalue weighted by Gasteiger charge is 2.19. The van der Waals surface area contributed by atoms with Gasteiger partial charge in [0.2, 0.25) is 0 Å². The molecule has 0 radical (unpaired) electrons. The van der Waals surface area contributed by atoms with Crippen LogP contribution in [-0.2, 0) is 12.8 Å². The first-order chi connectivity index (χ1) is 10.8. The maximum atomic E-state index is 5.44. The van der Waals surface area contributed by atoms with Crippen molar-refractivity contribution in [3.63, 3.8) is 0 Å². The minimum absolute atomic E-state index is 0.751. The molecule has 22 heavy (non-hydrogen) atoms. The lowest BCUT2D eigenvalue weighted by Crippen LogP contribution is -2.14. The summed E-state index contributed by atoms with van der Waals surface area (Å²) in [6, 6.07) is 12.8. The fourth-order valence-corrected chi connectivity index (χ4v) is 2.87. The number of methoxy groups -OCH3 is 2. The van der Waals surface area contributed by atoms with E-state index in [0.29, 0.717) is 0 Å². The van der Waals surface area contributed by atoms with Crippen LogP contribution in [0.15, 0.2) is 41.4 Å². The molecule has 114 valence electrons. The maximum absolute atomic E-state index is 5.44. The van der Waals surface area contributed by atoms with Crippen molar-refractivity contribution in [3.8, 4) is 11.5 Å². The number of benzene rings is 2. The van der Waals surface area contributed by atoms with E-state index in [1.165, 1.54) is 11.1 Å². The molecule has 0 saturated carbocycles. The number of hydrogen-bond donors (Lipinski definition) is 0. The van der Waals surface area contributed by atoms with E-state index in [1.807, 2.05) is 6.07 Å². The molecule has 0 atom stereocenters. The Morgan fingerprint density at radius 3 is 2.32 bits per heavy atom. The summed E-state index contributed by atoms with van der Waals surface area (Å²) >= 11 is 0. The predicted octanol–water partition coefficient (Wildman–Crippen LogP) is 3.66. The molecule has 0 N–H and O–H groups in total. The van der Waals surface area contributed by atoms with Crippen molar-refractivity contribution >= 4 is 5.71 Å². The van der Waals surface area contributed by atoms with Gasteiger partial charge in [0.15, 0.2) is 11.5 Å². The van der Waals surface area contributed by atoms with Gasteiger partial charge < -0.3 is 9.47 Å². The second-order valence-electron chi connectivity index (χ2n) is 5.40. The summed E-state index contributed by atoms with van der Waals surface area (Å²) < 4.78 is 10.9. The van der Waals surface area contributed by atoms with Gasteiger partial charge >= 0.3 is 0 Å². The van der Waals surface area contributed by atoms with Crippen molar-refractivity contribution in [2.45, 2.75) is 19.8 Å². The van der Waals surface area contributed by atoms with Crippen LogP contribution in [-0.4, -0.2) is 26.5 Å². The summed E-state index contributed by atoms with van der Waals surface area (Å²) in [4.78, 5) is 4.75. The lowest BCUT2D eigenvalue weighted by atomic mass is 9.92. The molecule has 1 aliphatic rings. The average Bonchev–Trinajstić information content (AvgIpc) is 2.60. The molecule has 3 rings (SSSR count). The molecule has 0 aromatic heterocycles. The smallest absolute Gasteiger partial charge is 0.161 e. The number of hydrogen-bond acceptors (Lipinski definition) is 3. The molecule has 3 heteroatoms. The molecule has 0 unspecified atom stereocenters. The average molecular weight is 295 g/mol. The van der Waals surface area contributed by atoms with Crippen LogP contribution in [0, 0.1) is 0 Å². The number of aliphatic imine (C=N–C) groups is 1. The molecule has 2 aromatic carbocycles. The zero-order valence-electron chi connectivity index (χ0n) is 13.3. The van der Waals surface area contributed by atoms with Gasteiger partial charge in [-0.2, -0.15) is 0 Å². The number of aryl methyl sites for hydroxylation is 1. The van der Waals surface area contributed by atoms with Gasteiger partial charge in [0.1, 0.15) is 0 Å². The minimum atomic E-state index is 0.751. The van der Waals surface area contributed by atoms with Gasteiger partial charge in [-0.25, -0.2) is 0 Å². The molecular formula is C19H21NO2. The Morgan fingerprint density at radius 1 is 1.00 bits per heavy atom. The number of rotatable bonds is 4. The van der Waals surface area contributed by atoms with Crippen molar-refractivity contribution in [2.24, 2.45) is 4.99 Å². The van der Waals surface area contributed by atoms with E-state index in [9.17, 15) is 0 Å². The summed E-state index contributed by atoms with van der Waals surface area (Å²) in [5.74, 6) is 1.53. The SMILES string of the molecule is CCc1ccc(C2=NCCc3cc(OC)c(OC)cc32)cc1. The van der Waals surface area contributed by atoms with Gasteiger partial charge in [-0.15, -0.1) is 0 Å². The molecule has 1 heterocycles. The Balaban J connectivity index is 2.06. The highest BCUT2D eigenvalue weighted by Crippen LogP contribution is 2.33. The van der Waals surface area contributed by atoms with Crippen molar-refractivity contribution in [2.75, 3.05) is 20.8 Å². The first-order valence-electron chi connectivity index (χ1n) is 7.65. The second-order valence-corrected chi connectivity index (χ2v) is 5.40. The van der Waals surface area contributed by atoms with Gasteiger partial charge in [0.05, 0.1) is 19.9 Å². The molecule has 2 aromatic rings. The zero-order chi connectivity index (χ0) is 15.5. The molecule has 0 spiro atoms. The summed E-state index contributed by atoms with van der Waals surface area (Å²) in [7, 11) is 3.34. The fraction of sp³-hybridized carbons (Fsp3) is 0.316. The Labute approximate surface area is 131 Å². The van der Waals surface area contributed by atoms with Gasteiger partial charge in [0, 0.05) is 17.7 Å². The Morgan fingerprint density at radius 2 is 1.68 bits per heavy atom. The van der Waals surface area contributed by atoms with Crippen molar-refractivity contribution in [3.05, 3.63) is 58.7 Å². The van der Waals surface area contributed by atoms with E-state index in [0.717, 1.165) is 47.7 Å². The van der Waals surface area contributed by atoms with E-state index >= 15 is 0 Å². The molecule has 0 aliphatic carbocycles. The third kappa shape index (κ3) is 2.59. The molecule has 0 saturated heterocycles. The Kier molecular flexibility index (Phi) is 4.14. The Bertz CT molecular complexity index is 702. The lowest BCUT2D eigenvalue weighted by Gasteiger charge is -2.20. The standard InChI is InChI=1S/C19H21NO2/c1-4-13-5-7-14(8-6-13)19-16-12-18(22-3)17(21-2)11-15(16)9-10-20-19/h5-8,11-12H,4,9-10H2,1-3H3. The number of ether oxygens (including phenoxy) is 2. The van der Waals surface area contributed by atoms with Gasteiger partial charge in [-0.05, 0) is 36.1 Å². The van der Waals surface area contributed by atoms with Crippen LogP contribution in [0.1, 0.15) is 29.2 Å². The topological polar surface area (TPSA) is 30.8 Å². The van der Waals surface area contributed by atoms with E-state index in [2.05, 4.69) is 37.3 Å². The minimum Gasteiger partial charge on any atom is -0.493 e. The molecule has 1 aliphatic heterocycles. The van der Waals surface area contributed by atoms with E-state index in [-0.39, 0.29) is 0 Å². The van der Waals surface area contributed by atoms with Crippen LogP contribution in [0.25, 0.3) is 0 Å². The quantitative estimate of drug-likeness (QED) is 0.862. The normalized spacial score (nSPS) is 13.3. The van der Waals surface area contributed by atoms with Gasteiger partial charge in [-0.3, -0.25) is 4.99 Å². The molecular weight excluding hydrogens is 274 g/mol. The summed E-state index contributed by atoms with van der Waals surface area (Å²) in [5.41, 5.74) is 5.96. The molecule has 0 amide bonds. The third-order valence-electron chi connectivity index (χ3n) is 4.15. The van der Waals surface area contributed by atoms with Crippen LogP contribution in [0.3, 0.4) is 0 Å². The monoisotopic (exact) mass is 295 g/mol. The first-order valence-corrected chi connectivity index (χ1v) is 7.65. The van der Waals surface area contributed by atoms with Crippen molar-refractivity contribution in [1.29, 1.82) is 0 Å². The first kappa shape index (κ1) is 14.6. The Hall–Kier alpha value is -2.29. The predicted molar refractivity (Wildman–Crippen MR) is 89.6 cm³/mol. The fourth-order valence-electron chi connectivity index (χ4n) is 2.87. The number of nitrogens with zero attached hydrogens (tertiary/aromatic N) is 1. The zero-order valence-corrected chi connectivity index (χ0v) is 13.3. The van der Waals surface area contributed by atoms with E-state index in [4.69, 9.17) is 14.5 Å². The van der Waals surface area contributed by atoms with E-state index < -0.39 is 0 Å². The molecule has 0 fully saturated rings.